The predicted molar refractivity (Wildman–Crippen MR) is 64.4 cm³/mol. The largest absolute Gasteiger partial charge is 0.496 e. The summed E-state index contributed by atoms with van der Waals surface area (Å²) in [5.41, 5.74) is 0.954. The van der Waals surface area contributed by atoms with E-state index < -0.39 is 0 Å². The van der Waals surface area contributed by atoms with Crippen molar-refractivity contribution in [2.75, 3.05) is 7.11 Å². The van der Waals surface area contributed by atoms with Crippen molar-refractivity contribution >= 4 is 26.8 Å². The van der Waals surface area contributed by atoms with E-state index in [4.69, 9.17) is 4.74 Å². The van der Waals surface area contributed by atoms with E-state index in [0.29, 0.717) is 6.04 Å². The van der Waals surface area contributed by atoms with E-state index in [1.165, 1.54) is 0 Å². The number of hydrogen-bond donors (Lipinski definition) is 0. The molecule has 15 heavy (non-hydrogen) atoms. The fourth-order valence-corrected chi connectivity index (χ4v) is 2.48. The zero-order chi connectivity index (χ0) is 11.0. The fraction of sp³-hybridized carbons (Fsp3) is 0.364. The maximum Gasteiger partial charge on any atom is 0.131 e. The van der Waals surface area contributed by atoms with Crippen LogP contribution >= 0.6 is 15.9 Å². The van der Waals surface area contributed by atoms with Crippen LogP contribution in [0.25, 0.3) is 10.9 Å². The molecule has 0 saturated heterocycles. The molecule has 0 fully saturated rings. The van der Waals surface area contributed by atoms with Gasteiger partial charge in [-0.15, -0.1) is 0 Å². The Morgan fingerprint density at radius 1 is 1.40 bits per heavy atom. The van der Waals surface area contributed by atoms with Crippen molar-refractivity contribution in [2.45, 2.75) is 19.9 Å². The molecular weight excluding hydrogens is 256 g/mol. The van der Waals surface area contributed by atoms with Gasteiger partial charge in [0.15, 0.2) is 0 Å². The summed E-state index contributed by atoms with van der Waals surface area (Å²) in [5, 5.41) is 5.55. The Hall–Kier alpha value is -1.03. The molecule has 0 saturated carbocycles. The van der Waals surface area contributed by atoms with Gasteiger partial charge in [0.1, 0.15) is 10.4 Å². The number of hydrogen-bond acceptors (Lipinski definition) is 2. The molecule has 2 aromatic rings. The molecule has 0 aliphatic carbocycles. The van der Waals surface area contributed by atoms with Crippen LogP contribution in [-0.4, -0.2) is 16.9 Å². The van der Waals surface area contributed by atoms with Crippen molar-refractivity contribution in [3.63, 3.8) is 0 Å². The zero-order valence-electron chi connectivity index (χ0n) is 8.99. The number of fused-ring (bicyclic) bond motifs is 1. The van der Waals surface area contributed by atoms with Crippen molar-refractivity contribution < 1.29 is 4.74 Å². The van der Waals surface area contributed by atoms with Crippen molar-refractivity contribution in [2.24, 2.45) is 0 Å². The lowest BCUT2D eigenvalue weighted by Gasteiger charge is -2.06. The molecule has 3 nitrogen and oxygen atoms in total. The van der Waals surface area contributed by atoms with Gasteiger partial charge in [-0.2, -0.15) is 5.10 Å². The molecule has 0 unspecified atom stereocenters. The van der Waals surface area contributed by atoms with Gasteiger partial charge < -0.3 is 4.74 Å². The highest BCUT2D eigenvalue weighted by molar-refractivity contribution is 9.10. The SMILES string of the molecule is COc1cccc2nn(C(C)C)c(Br)c12. The number of aromatic nitrogens is 2. The first-order valence-electron chi connectivity index (χ1n) is 4.86. The van der Waals surface area contributed by atoms with Gasteiger partial charge in [-0.3, -0.25) is 4.68 Å². The minimum Gasteiger partial charge on any atom is -0.496 e. The van der Waals surface area contributed by atoms with Crippen LogP contribution in [0.5, 0.6) is 5.75 Å². The van der Waals surface area contributed by atoms with Crippen LogP contribution in [0.2, 0.25) is 0 Å². The number of halogens is 1. The number of benzene rings is 1. The number of methoxy groups -OCH3 is 1. The molecule has 0 spiro atoms. The smallest absolute Gasteiger partial charge is 0.131 e. The Morgan fingerprint density at radius 2 is 2.13 bits per heavy atom. The number of nitrogens with zero attached hydrogens (tertiary/aromatic N) is 2. The molecule has 0 atom stereocenters. The van der Waals surface area contributed by atoms with Gasteiger partial charge in [-0.05, 0) is 41.9 Å². The first-order valence-corrected chi connectivity index (χ1v) is 5.65. The molecule has 2 rings (SSSR count). The van der Waals surface area contributed by atoms with E-state index in [2.05, 4.69) is 34.9 Å². The molecular formula is C11H13BrN2O. The van der Waals surface area contributed by atoms with Gasteiger partial charge in [0, 0.05) is 6.04 Å². The lowest BCUT2D eigenvalue weighted by atomic mass is 10.2. The highest BCUT2D eigenvalue weighted by Gasteiger charge is 2.14. The Morgan fingerprint density at radius 3 is 2.73 bits per heavy atom. The molecule has 0 aliphatic heterocycles. The van der Waals surface area contributed by atoms with Crippen LogP contribution in [0.3, 0.4) is 0 Å². The molecule has 0 radical (unpaired) electrons. The fourth-order valence-electron chi connectivity index (χ4n) is 1.60. The van der Waals surface area contributed by atoms with E-state index in [9.17, 15) is 0 Å². The summed E-state index contributed by atoms with van der Waals surface area (Å²) < 4.78 is 8.25. The third kappa shape index (κ3) is 1.63. The molecule has 0 aliphatic rings. The van der Waals surface area contributed by atoms with Crippen LogP contribution in [0.1, 0.15) is 19.9 Å². The van der Waals surface area contributed by atoms with Crippen molar-refractivity contribution in [3.05, 3.63) is 22.8 Å². The monoisotopic (exact) mass is 268 g/mol. The first kappa shape index (κ1) is 10.5. The Labute approximate surface area is 97.2 Å². The molecule has 1 heterocycles. The zero-order valence-corrected chi connectivity index (χ0v) is 10.6. The van der Waals surface area contributed by atoms with E-state index in [0.717, 1.165) is 21.3 Å². The van der Waals surface area contributed by atoms with Crippen LogP contribution in [-0.2, 0) is 0 Å². The standard InChI is InChI=1S/C11H13BrN2O/c1-7(2)14-11(12)10-8(13-14)5-4-6-9(10)15-3/h4-7H,1-3H3. The topological polar surface area (TPSA) is 27.1 Å². The van der Waals surface area contributed by atoms with Crippen molar-refractivity contribution in [1.29, 1.82) is 0 Å². The third-order valence-electron chi connectivity index (χ3n) is 2.34. The highest BCUT2D eigenvalue weighted by atomic mass is 79.9. The second-order valence-electron chi connectivity index (χ2n) is 3.68. The normalized spacial score (nSPS) is 11.3. The van der Waals surface area contributed by atoms with Gasteiger partial charge in [-0.1, -0.05) is 6.07 Å². The Balaban J connectivity index is 2.77. The van der Waals surface area contributed by atoms with Crippen LogP contribution in [0.4, 0.5) is 0 Å². The minimum absolute atomic E-state index is 0.330. The molecule has 0 bridgehead atoms. The number of rotatable bonds is 2. The molecule has 0 N–H and O–H groups in total. The van der Waals surface area contributed by atoms with Gasteiger partial charge in [0.05, 0.1) is 18.0 Å². The van der Waals surface area contributed by atoms with Crippen LogP contribution in [0.15, 0.2) is 22.8 Å². The van der Waals surface area contributed by atoms with Gasteiger partial charge in [-0.25, -0.2) is 0 Å². The summed E-state index contributed by atoms with van der Waals surface area (Å²) in [5.74, 6) is 0.853. The van der Waals surface area contributed by atoms with Crippen molar-refractivity contribution in [3.8, 4) is 5.75 Å². The lowest BCUT2D eigenvalue weighted by Crippen LogP contribution is -2.02. The van der Waals surface area contributed by atoms with E-state index in [1.807, 2.05) is 22.9 Å². The summed E-state index contributed by atoms with van der Waals surface area (Å²) in [6.07, 6.45) is 0. The van der Waals surface area contributed by atoms with Crippen molar-refractivity contribution in [1.82, 2.24) is 9.78 Å². The predicted octanol–water partition coefficient (Wildman–Crippen LogP) is 3.39. The molecule has 0 amide bonds. The third-order valence-corrected chi connectivity index (χ3v) is 3.10. The minimum atomic E-state index is 0.330. The first-order chi connectivity index (χ1) is 7.15. The maximum atomic E-state index is 5.32. The summed E-state index contributed by atoms with van der Waals surface area (Å²) in [6, 6.07) is 6.21. The molecule has 4 heteroatoms. The van der Waals surface area contributed by atoms with Crippen LogP contribution < -0.4 is 4.74 Å². The van der Waals surface area contributed by atoms with Gasteiger partial charge >= 0.3 is 0 Å². The Bertz CT molecular complexity index is 491. The average molecular weight is 269 g/mol. The molecule has 80 valence electrons. The van der Waals surface area contributed by atoms with Crippen LogP contribution in [0, 0.1) is 0 Å². The summed E-state index contributed by atoms with van der Waals surface area (Å²) in [4.78, 5) is 0. The Kier molecular flexibility index (Phi) is 2.69. The quantitative estimate of drug-likeness (QED) is 0.835. The second-order valence-corrected chi connectivity index (χ2v) is 4.43. The molecule has 1 aromatic heterocycles. The summed E-state index contributed by atoms with van der Waals surface area (Å²) in [6.45, 7) is 4.20. The second kappa shape index (κ2) is 3.85. The van der Waals surface area contributed by atoms with E-state index in [-0.39, 0.29) is 0 Å². The average Bonchev–Trinajstić information content (AvgIpc) is 2.56. The maximum absolute atomic E-state index is 5.32. The summed E-state index contributed by atoms with van der Waals surface area (Å²) in [7, 11) is 1.67. The summed E-state index contributed by atoms with van der Waals surface area (Å²) >= 11 is 3.56. The molecule has 1 aromatic carbocycles. The lowest BCUT2D eigenvalue weighted by molar-refractivity contribution is 0.419. The van der Waals surface area contributed by atoms with E-state index >= 15 is 0 Å². The van der Waals surface area contributed by atoms with E-state index in [1.54, 1.807) is 7.11 Å². The van der Waals surface area contributed by atoms with Gasteiger partial charge in [0.25, 0.3) is 0 Å². The van der Waals surface area contributed by atoms with Gasteiger partial charge in [0.2, 0.25) is 0 Å². The highest BCUT2D eigenvalue weighted by Crippen LogP contribution is 2.33. The number of ether oxygens (including phenoxy) is 1.